The van der Waals surface area contributed by atoms with Crippen molar-refractivity contribution in [1.29, 1.82) is 0 Å². The van der Waals surface area contributed by atoms with Gasteiger partial charge in [0.1, 0.15) is 0 Å². The monoisotopic (exact) mass is 179 g/mol. The van der Waals surface area contributed by atoms with E-state index in [0.717, 1.165) is 11.7 Å². The number of rotatable bonds is 3. The van der Waals surface area contributed by atoms with E-state index in [0.29, 0.717) is 0 Å². The van der Waals surface area contributed by atoms with Crippen LogP contribution in [0.15, 0.2) is 23.4 Å². The summed E-state index contributed by atoms with van der Waals surface area (Å²) >= 11 is 2.00. The van der Waals surface area contributed by atoms with Crippen molar-refractivity contribution < 1.29 is 0 Å². The van der Waals surface area contributed by atoms with Gasteiger partial charge in [0.2, 0.25) is 0 Å². The van der Waals surface area contributed by atoms with Gasteiger partial charge in [-0.15, -0.1) is 11.8 Å². The van der Waals surface area contributed by atoms with Crippen LogP contribution in [0.4, 0.5) is 0 Å². The molecule has 0 saturated heterocycles. The molecule has 0 unspecified atom stereocenters. The molecule has 1 heterocycles. The Morgan fingerprint density at radius 1 is 1.58 bits per heavy atom. The Hall–Kier alpha value is -0.500. The van der Waals surface area contributed by atoms with Crippen molar-refractivity contribution in [2.45, 2.75) is 36.3 Å². The molecule has 2 rings (SSSR count). The minimum Gasteiger partial charge on any atom is -0.264 e. The third-order valence-electron chi connectivity index (χ3n) is 2.07. The van der Waals surface area contributed by atoms with Gasteiger partial charge in [0, 0.05) is 22.5 Å². The van der Waals surface area contributed by atoms with E-state index in [4.69, 9.17) is 0 Å². The predicted molar refractivity (Wildman–Crippen MR) is 52.5 cm³/mol. The zero-order valence-electron chi connectivity index (χ0n) is 7.29. The average molecular weight is 179 g/mol. The smallest absolute Gasteiger partial charge is 0.0406 e. The molecule has 0 aromatic carbocycles. The van der Waals surface area contributed by atoms with Crippen LogP contribution in [0.5, 0.6) is 0 Å². The summed E-state index contributed by atoms with van der Waals surface area (Å²) in [5, 5.41) is 0.888. The predicted octanol–water partition coefficient (Wildman–Crippen LogP) is 2.90. The largest absolute Gasteiger partial charge is 0.264 e. The molecule has 1 aliphatic carbocycles. The highest BCUT2D eigenvalue weighted by atomic mass is 32.2. The standard InChI is InChI=1S/C10H13NS/c1-2-8-5-6-11-7-10(8)12-9-3-4-9/h5-7,9H,2-4H2,1H3. The lowest BCUT2D eigenvalue weighted by Gasteiger charge is -2.04. The van der Waals surface area contributed by atoms with Gasteiger partial charge < -0.3 is 0 Å². The molecule has 0 radical (unpaired) electrons. The number of thioether (sulfide) groups is 1. The average Bonchev–Trinajstić information content (AvgIpc) is 2.89. The molecular weight excluding hydrogens is 166 g/mol. The van der Waals surface area contributed by atoms with Crippen LogP contribution in [0.1, 0.15) is 25.3 Å². The van der Waals surface area contributed by atoms with Crippen molar-refractivity contribution in [3.05, 3.63) is 24.0 Å². The second kappa shape index (κ2) is 3.48. The van der Waals surface area contributed by atoms with Crippen LogP contribution in [0.25, 0.3) is 0 Å². The number of nitrogens with zero attached hydrogens (tertiary/aromatic N) is 1. The van der Waals surface area contributed by atoms with Crippen LogP contribution >= 0.6 is 11.8 Å². The van der Waals surface area contributed by atoms with Crippen molar-refractivity contribution in [2.75, 3.05) is 0 Å². The summed E-state index contributed by atoms with van der Waals surface area (Å²) in [6.45, 7) is 2.20. The summed E-state index contributed by atoms with van der Waals surface area (Å²) in [5.74, 6) is 0. The molecule has 12 heavy (non-hydrogen) atoms. The first kappa shape index (κ1) is 8.11. The summed E-state index contributed by atoms with van der Waals surface area (Å²) < 4.78 is 0. The molecule has 64 valence electrons. The molecular formula is C10H13NS. The summed E-state index contributed by atoms with van der Waals surface area (Å²) in [5.41, 5.74) is 1.45. The van der Waals surface area contributed by atoms with Crippen molar-refractivity contribution >= 4 is 11.8 Å². The van der Waals surface area contributed by atoms with E-state index in [9.17, 15) is 0 Å². The topological polar surface area (TPSA) is 12.9 Å². The molecule has 1 fully saturated rings. The zero-order chi connectivity index (χ0) is 8.39. The van der Waals surface area contributed by atoms with Gasteiger partial charge in [-0.1, -0.05) is 6.92 Å². The Morgan fingerprint density at radius 2 is 2.42 bits per heavy atom. The summed E-state index contributed by atoms with van der Waals surface area (Å²) in [7, 11) is 0. The molecule has 0 atom stereocenters. The quantitative estimate of drug-likeness (QED) is 0.707. The first-order valence-corrected chi connectivity index (χ1v) is 5.37. The first-order valence-electron chi connectivity index (χ1n) is 4.49. The fourth-order valence-corrected chi connectivity index (χ4v) is 2.39. The number of hydrogen-bond donors (Lipinski definition) is 0. The first-order chi connectivity index (χ1) is 5.90. The van der Waals surface area contributed by atoms with Crippen molar-refractivity contribution in [1.82, 2.24) is 4.98 Å². The molecule has 0 aliphatic heterocycles. The molecule has 0 bridgehead atoms. The van der Waals surface area contributed by atoms with E-state index in [1.165, 1.54) is 23.3 Å². The molecule has 2 heteroatoms. The maximum atomic E-state index is 4.15. The summed E-state index contributed by atoms with van der Waals surface area (Å²) in [6, 6.07) is 2.13. The van der Waals surface area contributed by atoms with E-state index in [-0.39, 0.29) is 0 Å². The van der Waals surface area contributed by atoms with Gasteiger partial charge in [0.25, 0.3) is 0 Å². The highest BCUT2D eigenvalue weighted by Gasteiger charge is 2.23. The molecule has 1 saturated carbocycles. The van der Waals surface area contributed by atoms with E-state index >= 15 is 0 Å². The molecule has 1 aromatic heterocycles. The van der Waals surface area contributed by atoms with Gasteiger partial charge in [-0.05, 0) is 30.9 Å². The Bertz CT molecular complexity index is 268. The Balaban J connectivity index is 2.15. The fourth-order valence-electron chi connectivity index (χ4n) is 1.17. The third-order valence-corrected chi connectivity index (χ3v) is 3.50. The zero-order valence-corrected chi connectivity index (χ0v) is 8.10. The van der Waals surface area contributed by atoms with Gasteiger partial charge in [-0.3, -0.25) is 4.98 Å². The Labute approximate surface area is 77.6 Å². The van der Waals surface area contributed by atoms with Crippen LogP contribution < -0.4 is 0 Å². The maximum Gasteiger partial charge on any atom is 0.0406 e. The van der Waals surface area contributed by atoms with Gasteiger partial charge >= 0.3 is 0 Å². The molecule has 0 spiro atoms. The lowest BCUT2D eigenvalue weighted by molar-refractivity contribution is 1.05. The van der Waals surface area contributed by atoms with Crippen molar-refractivity contribution in [3.63, 3.8) is 0 Å². The SMILES string of the molecule is CCc1ccncc1SC1CC1. The van der Waals surface area contributed by atoms with E-state index < -0.39 is 0 Å². The molecule has 1 nitrogen and oxygen atoms in total. The normalized spacial score (nSPS) is 16.4. The molecule has 1 aliphatic rings. The maximum absolute atomic E-state index is 4.15. The van der Waals surface area contributed by atoms with E-state index in [2.05, 4.69) is 18.0 Å². The lowest BCUT2D eigenvalue weighted by atomic mass is 10.2. The van der Waals surface area contributed by atoms with Crippen LogP contribution in [-0.4, -0.2) is 10.2 Å². The number of aromatic nitrogens is 1. The molecule has 1 aromatic rings. The van der Waals surface area contributed by atoms with Crippen LogP contribution in [0.2, 0.25) is 0 Å². The Kier molecular flexibility index (Phi) is 2.35. The Morgan fingerprint density at radius 3 is 3.08 bits per heavy atom. The van der Waals surface area contributed by atoms with Crippen molar-refractivity contribution in [2.24, 2.45) is 0 Å². The second-order valence-electron chi connectivity index (χ2n) is 3.15. The highest BCUT2D eigenvalue weighted by molar-refractivity contribution is 8.00. The fraction of sp³-hybridized carbons (Fsp3) is 0.500. The van der Waals surface area contributed by atoms with Crippen LogP contribution in [0.3, 0.4) is 0 Å². The summed E-state index contributed by atoms with van der Waals surface area (Å²) in [4.78, 5) is 5.54. The minimum absolute atomic E-state index is 0.888. The summed E-state index contributed by atoms with van der Waals surface area (Å²) in [6.07, 6.45) is 7.79. The number of aryl methyl sites for hydroxylation is 1. The van der Waals surface area contributed by atoms with Gasteiger partial charge in [-0.2, -0.15) is 0 Å². The van der Waals surface area contributed by atoms with Gasteiger partial charge in [0.15, 0.2) is 0 Å². The third kappa shape index (κ3) is 1.81. The number of hydrogen-bond acceptors (Lipinski definition) is 2. The van der Waals surface area contributed by atoms with Crippen LogP contribution in [0, 0.1) is 0 Å². The van der Waals surface area contributed by atoms with Gasteiger partial charge in [0.05, 0.1) is 0 Å². The number of pyridine rings is 1. The lowest BCUT2D eigenvalue weighted by Crippen LogP contribution is -1.87. The highest BCUT2D eigenvalue weighted by Crippen LogP contribution is 2.40. The van der Waals surface area contributed by atoms with Gasteiger partial charge in [-0.25, -0.2) is 0 Å². The minimum atomic E-state index is 0.888. The van der Waals surface area contributed by atoms with Crippen molar-refractivity contribution in [3.8, 4) is 0 Å². The second-order valence-corrected chi connectivity index (χ2v) is 4.50. The molecule has 0 N–H and O–H groups in total. The van der Waals surface area contributed by atoms with E-state index in [1.807, 2.05) is 24.2 Å². The van der Waals surface area contributed by atoms with Crippen LogP contribution in [-0.2, 0) is 6.42 Å². The van der Waals surface area contributed by atoms with E-state index in [1.54, 1.807) is 0 Å². The molecule has 0 amide bonds.